The molecular formula is C17H26N2O. The van der Waals surface area contributed by atoms with Gasteiger partial charge in [-0.3, -0.25) is 4.79 Å². The minimum absolute atomic E-state index is 0.132. The molecule has 1 unspecified atom stereocenters. The van der Waals surface area contributed by atoms with Gasteiger partial charge in [-0.05, 0) is 42.9 Å². The molecule has 20 heavy (non-hydrogen) atoms. The van der Waals surface area contributed by atoms with E-state index in [1.54, 1.807) is 0 Å². The maximum absolute atomic E-state index is 12.2. The summed E-state index contributed by atoms with van der Waals surface area (Å²) in [7, 11) is 0. The number of nitrogen functional groups attached to an aromatic ring is 1. The highest BCUT2D eigenvalue weighted by Gasteiger charge is 2.23. The summed E-state index contributed by atoms with van der Waals surface area (Å²) in [4.78, 5) is 12.2. The van der Waals surface area contributed by atoms with Gasteiger partial charge in [-0.2, -0.15) is 0 Å². The van der Waals surface area contributed by atoms with Gasteiger partial charge in [0.15, 0.2) is 0 Å². The third kappa shape index (κ3) is 4.26. The van der Waals surface area contributed by atoms with E-state index < -0.39 is 0 Å². The molecule has 1 fully saturated rings. The van der Waals surface area contributed by atoms with Gasteiger partial charge in [-0.15, -0.1) is 0 Å². The lowest BCUT2D eigenvalue weighted by Crippen LogP contribution is -2.41. The fraction of sp³-hybridized carbons (Fsp3) is 0.588. The van der Waals surface area contributed by atoms with Gasteiger partial charge in [0.2, 0.25) is 5.91 Å². The number of amides is 1. The fourth-order valence-electron chi connectivity index (χ4n) is 3.17. The number of hydrogen-bond donors (Lipinski definition) is 2. The molecule has 1 amide bonds. The highest BCUT2D eigenvalue weighted by atomic mass is 16.1. The minimum atomic E-state index is 0.132. The van der Waals surface area contributed by atoms with Crippen LogP contribution in [0.15, 0.2) is 24.3 Å². The second-order valence-corrected chi connectivity index (χ2v) is 5.90. The number of carbonyl (C=O) groups is 1. The van der Waals surface area contributed by atoms with Gasteiger partial charge in [-0.1, -0.05) is 38.3 Å². The molecule has 1 aromatic rings. The summed E-state index contributed by atoms with van der Waals surface area (Å²) in [5, 5.41) is 3.23. The van der Waals surface area contributed by atoms with Crippen molar-refractivity contribution >= 4 is 11.6 Å². The molecule has 1 saturated carbocycles. The predicted octanol–water partition coefficient (Wildman–Crippen LogP) is 3.29. The van der Waals surface area contributed by atoms with Gasteiger partial charge in [0, 0.05) is 11.7 Å². The Balaban J connectivity index is 1.86. The van der Waals surface area contributed by atoms with Crippen molar-refractivity contribution in [1.82, 2.24) is 5.32 Å². The summed E-state index contributed by atoms with van der Waals surface area (Å²) in [5.41, 5.74) is 7.42. The van der Waals surface area contributed by atoms with Crippen molar-refractivity contribution in [1.29, 1.82) is 0 Å². The summed E-state index contributed by atoms with van der Waals surface area (Å²) in [6, 6.07) is 7.89. The van der Waals surface area contributed by atoms with E-state index >= 15 is 0 Å². The molecule has 110 valence electrons. The molecule has 0 aliphatic heterocycles. The molecule has 0 aromatic heterocycles. The van der Waals surface area contributed by atoms with Gasteiger partial charge in [0.1, 0.15) is 0 Å². The van der Waals surface area contributed by atoms with Crippen LogP contribution in [-0.4, -0.2) is 11.9 Å². The molecule has 0 saturated heterocycles. The maximum atomic E-state index is 12.2. The highest BCUT2D eigenvalue weighted by Crippen LogP contribution is 2.27. The Hall–Kier alpha value is -1.51. The SMILES string of the molecule is CCC(NC(=O)Cc1ccc(N)cc1)C1CCCCC1. The molecule has 1 atom stereocenters. The van der Waals surface area contributed by atoms with Crippen molar-refractivity contribution in [2.24, 2.45) is 5.92 Å². The summed E-state index contributed by atoms with van der Waals surface area (Å²) >= 11 is 0. The summed E-state index contributed by atoms with van der Waals surface area (Å²) in [5.74, 6) is 0.802. The van der Waals surface area contributed by atoms with Gasteiger partial charge < -0.3 is 11.1 Å². The van der Waals surface area contributed by atoms with Gasteiger partial charge in [-0.25, -0.2) is 0 Å². The zero-order chi connectivity index (χ0) is 14.4. The molecule has 0 heterocycles. The van der Waals surface area contributed by atoms with Crippen LogP contribution in [0.3, 0.4) is 0 Å². The van der Waals surface area contributed by atoms with Crippen LogP contribution in [0.5, 0.6) is 0 Å². The van der Waals surface area contributed by atoms with E-state index in [1.807, 2.05) is 24.3 Å². The smallest absolute Gasteiger partial charge is 0.224 e. The molecular weight excluding hydrogens is 248 g/mol. The van der Waals surface area contributed by atoms with Crippen LogP contribution in [0.2, 0.25) is 0 Å². The first-order valence-electron chi connectivity index (χ1n) is 7.83. The van der Waals surface area contributed by atoms with E-state index in [1.165, 1.54) is 32.1 Å². The average Bonchev–Trinajstić information content (AvgIpc) is 2.48. The lowest BCUT2D eigenvalue weighted by Gasteiger charge is -2.30. The van der Waals surface area contributed by atoms with E-state index in [-0.39, 0.29) is 5.91 Å². The van der Waals surface area contributed by atoms with E-state index in [0.717, 1.165) is 17.7 Å². The van der Waals surface area contributed by atoms with E-state index in [2.05, 4.69) is 12.2 Å². The standard InChI is InChI=1S/C17H26N2O/c1-2-16(14-6-4-3-5-7-14)19-17(20)12-13-8-10-15(18)11-9-13/h8-11,14,16H,2-7,12,18H2,1H3,(H,19,20). The van der Waals surface area contributed by atoms with Crippen molar-refractivity contribution in [2.45, 2.75) is 57.9 Å². The zero-order valence-corrected chi connectivity index (χ0v) is 12.4. The van der Waals surface area contributed by atoms with E-state index in [0.29, 0.717) is 18.4 Å². The van der Waals surface area contributed by atoms with Crippen LogP contribution >= 0.6 is 0 Å². The topological polar surface area (TPSA) is 55.1 Å². The number of anilines is 1. The first kappa shape index (κ1) is 14.9. The number of hydrogen-bond acceptors (Lipinski definition) is 2. The maximum Gasteiger partial charge on any atom is 0.224 e. The molecule has 0 radical (unpaired) electrons. The predicted molar refractivity (Wildman–Crippen MR) is 83.4 cm³/mol. The van der Waals surface area contributed by atoms with Crippen molar-refractivity contribution < 1.29 is 4.79 Å². The van der Waals surface area contributed by atoms with Crippen LogP contribution in [0, 0.1) is 5.92 Å². The average molecular weight is 274 g/mol. The lowest BCUT2D eigenvalue weighted by molar-refractivity contribution is -0.121. The Morgan fingerprint density at radius 2 is 1.90 bits per heavy atom. The quantitative estimate of drug-likeness (QED) is 0.810. The van der Waals surface area contributed by atoms with Crippen LogP contribution in [-0.2, 0) is 11.2 Å². The Morgan fingerprint density at radius 3 is 2.50 bits per heavy atom. The highest BCUT2D eigenvalue weighted by molar-refractivity contribution is 5.79. The Bertz CT molecular complexity index is 421. The minimum Gasteiger partial charge on any atom is -0.399 e. The van der Waals surface area contributed by atoms with E-state index in [9.17, 15) is 4.79 Å². The molecule has 1 aliphatic carbocycles. The van der Waals surface area contributed by atoms with Crippen LogP contribution in [0.4, 0.5) is 5.69 Å². The lowest BCUT2D eigenvalue weighted by atomic mass is 9.83. The molecule has 3 heteroatoms. The molecule has 0 spiro atoms. The molecule has 0 bridgehead atoms. The normalized spacial score (nSPS) is 17.6. The number of rotatable bonds is 5. The summed E-state index contributed by atoms with van der Waals surface area (Å²) in [6.45, 7) is 2.17. The number of benzene rings is 1. The largest absolute Gasteiger partial charge is 0.399 e. The van der Waals surface area contributed by atoms with Crippen LogP contribution in [0.1, 0.15) is 51.0 Å². The molecule has 3 nitrogen and oxygen atoms in total. The number of nitrogens with two attached hydrogens (primary N) is 1. The van der Waals surface area contributed by atoms with Crippen LogP contribution < -0.4 is 11.1 Å². The van der Waals surface area contributed by atoms with Crippen molar-refractivity contribution in [2.75, 3.05) is 5.73 Å². The van der Waals surface area contributed by atoms with E-state index in [4.69, 9.17) is 5.73 Å². The van der Waals surface area contributed by atoms with Crippen molar-refractivity contribution in [3.05, 3.63) is 29.8 Å². The number of carbonyl (C=O) groups excluding carboxylic acids is 1. The zero-order valence-electron chi connectivity index (χ0n) is 12.4. The summed E-state index contributed by atoms with van der Waals surface area (Å²) < 4.78 is 0. The molecule has 1 aliphatic rings. The Morgan fingerprint density at radius 1 is 1.25 bits per heavy atom. The third-order valence-corrected chi connectivity index (χ3v) is 4.35. The van der Waals surface area contributed by atoms with Crippen LogP contribution in [0.25, 0.3) is 0 Å². The Labute approximate surface area is 121 Å². The molecule has 1 aromatic carbocycles. The van der Waals surface area contributed by atoms with Gasteiger partial charge >= 0.3 is 0 Å². The monoisotopic (exact) mass is 274 g/mol. The number of nitrogens with one attached hydrogen (secondary N) is 1. The van der Waals surface area contributed by atoms with Gasteiger partial charge in [0.05, 0.1) is 6.42 Å². The second-order valence-electron chi connectivity index (χ2n) is 5.90. The fourth-order valence-corrected chi connectivity index (χ4v) is 3.17. The van der Waals surface area contributed by atoms with Crippen molar-refractivity contribution in [3.63, 3.8) is 0 Å². The van der Waals surface area contributed by atoms with Crippen molar-refractivity contribution in [3.8, 4) is 0 Å². The molecule has 2 rings (SSSR count). The first-order chi connectivity index (χ1) is 9.69. The molecule has 3 N–H and O–H groups in total. The third-order valence-electron chi connectivity index (χ3n) is 4.35. The Kier molecular flexibility index (Phi) is 5.45. The summed E-state index contributed by atoms with van der Waals surface area (Å²) in [6.07, 6.45) is 7.99. The van der Waals surface area contributed by atoms with Gasteiger partial charge in [0.25, 0.3) is 0 Å². The first-order valence-corrected chi connectivity index (χ1v) is 7.83. The second kappa shape index (κ2) is 7.32.